The fourth-order valence-electron chi connectivity index (χ4n) is 2.63. The molecule has 6 nitrogen and oxygen atoms in total. The Hall–Kier alpha value is -1.60. The lowest BCUT2D eigenvalue weighted by Gasteiger charge is -2.24. The summed E-state index contributed by atoms with van der Waals surface area (Å²) in [4.78, 5) is 11.0. The van der Waals surface area contributed by atoms with E-state index in [0.29, 0.717) is 0 Å². The zero-order valence-electron chi connectivity index (χ0n) is 12.1. The first kappa shape index (κ1) is 15.8. The molecule has 2 rings (SSSR count). The molecule has 7 heteroatoms. The summed E-state index contributed by atoms with van der Waals surface area (Å²) >= 11 is 0. The summed E-state index contributed by atoms with van der Waals surface area (Å²) in [6, 6.07) is 3.81. The highest BCUT2D eigenvalue weighted by atomic mass is 32.2. The van der Waals surface area contributed by atoms with Crippen molar-refractivity contribution in [2.45, 2.75) is 36.6 Å². The van der Waals surface area contributed by atoms with Crippen molar-refractivity contribution in [2.75, 3.05) is 14.2 Å². The first-order valence-electron chi connectivity index (χ1n) is 6.77. The van der Waals surface area contributed by atoms with Crippen molar-refractivity contribution < 1.29 is 23.1 Å². The zero-order chi connectivity index (χ0) is 15.6. The van der Waals surface area contributed by atoms with Gasteiger partial charge in [-0.05, 0) is 31.0 Å². The van der Waals surface area contributed by atoms with E-state index in [1.165, 1.54) is 29.6 Å². The van der Waals surface area contributed by atoms with Gasteiger partial charge in [0.15, 0.2) is 0 Å². The fraction of sp³-hybridized carbons (Fsp3) is 0.500. The zero-order valence-corrected chi connectivity index (χ0v) is 12.9. The molecule has 1 aromatic rings. The molecule has 0 atom stereocenters. The number of aromatic carboxylic acids is 1. The Morgan fingerprint density at radius 2 is 1.95 bits per heavy atom. The lowest BCUT2D eigenvalue weighted by molar-refractivity contribution is 0.0696. The van der Waals surface area contributed by atoms with Gasteiger partial charge >= 0.3 is 5.97 Å². The van der Waals surface area contributed by atoms with Gasteiger partial charge in [0.25, 0.3) is 0 Å². The molecule has 0 heterocycles. The van der Waals surface area contributed by atoms with E-state index in [9.17, 15) is 13.2 Å². The molecule has 1 saturated carbocycles. The molecule has 0 saturated heterocycles. The van der Waals surface area contributed by atoms with Crippen LogP contribution in [0, 0.1) is 0 Å². The Morgan fingerprint density at radius 1 is 1.33 bits per heavy atom. The van der Waals surface area contributed by atoms with Crippen LogP contribution in [-0.4, -0.2) is 44.0 Å². The summed E-state index contributed by atoms with van der Waals surface area (Å²) in [6.45, 7) is 0. The van der Waals surface area contributed by atoms with Gasteiger partial charge in [0.05, 0.1) is 12.7 Å². The van der Waals surface area contributed by atoms with E-state index in [1.807, 2.05) is 0 Å². The first-order valence-corrected chi connectivity index (χ1v) is 8.21. The van der Waals surface area contributed by atoms with E-state index in [2.05, 4.69) is 0 Å². The van der Waals surface area contributed by atoms with E-state index in [1.54, 1.807) is 7.05 Å². The lowest BCUT2D eigenvalue weighted by Crippen LogP contribution is -2.35. The fourth-order valence-corrected chi connectivity index (χ4v) is 4.18. The molecule has 0 bridgehead atoms. The molecular weight excluding hydrogens is 294 g/mol. The number of hydrogen-bond acceptors (Lipinski definition) is 4. The Balaban J connectivity index is 2.41. The van der Waals surface area contributed by atoms with Crippen LogP contribution < -0.4 is 4.74 Å². The summed E-state index contributed by atoms with van der Waals surface area (Å²) in [5, 5.41) is 8.96. The van der Waals surface area contributed by atoms with Gasteiger partial charge < -0.3 is 9.84 Å². The Morgan fingerprint density at radius 3 is 2.48 bits per heavy atom. The minimum atomic E-state index is -3.69. The van der Waals surface area contributed by atoms with Crippen molar-refractivity contribution in [3.63, 3.8) is 0 Å². The number of nitrogens with zero attached hydrogens (tertiary/aromatic N) is 1. The van der Waals surface area contributed by atoms with Crippen molar-refractivity contribution in [2.24, 2.45) is 0 Å². The largest absolute Gasteiger partial charge is 0.495 e. The summed E-state index contributed by atoms with van der Waals surface area (Å²) < 4.78 is 31.8. The van der Waals surface area contributed by atoms with E-state index in [4.69, 9.17) is 9.84 Å². The third-order valence-electron chi connectivity index (χ3n) is 3.91. The van der Waals surface area contributed by atoms with Crippen molar-refractivity contribution >= 4 is 16.0 Å². The summed E-state index contributed by atoms with van der Waals surface area (Å²) in [5.74, 6) is -1.07. The third-order valence-corrected chi connectivity index (χ3v) is 5.86. The molecule has 1 N–H and O–H groups in total. The minimum Gasteiger partial charge on any atom is -0.495 e. The van der Waals surface area contributed by atoms with Crippen LogP contribution in [0.4, 0.5) is 0 Å². The summed E-state index contributed by atoms with van der Waals surface area (Å²) in [5.41, 5.74) is -0.00526. The Bertz CT molecular complexity index is 635. The standard InChI is InChI=1S/C14H19NO5S/c1-15(11-5-3-4-6-11)21(18,19)13-8-7-10(14(16)17)9-12(13)20-2/h7-9,11H,3-6H2,1-2H3,(H,16,17). The van der Waals surface area contributed by atoms with Crippen LogP contribution in [0.15, 0.2) is 23.1 Å². The second kappa shape index (κ2) is 6.03. The van der Waals surface area contributed by atoms with Crippen LogP contribution in [0.5, 0.6) is 5.75 Å². The molecule has 1 aliphatic rings. The normalized spacial score (nSPS) is 16.3. The SMILES string of the molecule is COc1cc(C(=O)O)ccc1S(=O)(=O)N(C)C1CCCC1. The quantitative estimate of drug-likeness (QED) is 0.898. The van der Waals surface area contributed by atoms with E-state index < -0.39 is 16.0 Å². The molecule has 1 aromatic carbocycles. The molecular formula is C14H19NO5S. The van der Waals surface area contributed by atoms with Crippen molar-refractivity contribution in [1.29, 1.82) is 0 Å². The van der Waals surface area contributed by atoms with Gasteiger partial charge in [0.1, 0.15) is 10.6 Å². The van der Waals surface area contributed by atoms with E-state index in [-0.39, 0.29) is 22.3 Å². The van der Waals surface area contributed by atoms with Gasteiger partial charge in [-0.3, -0.25) is 0 Å². The van der Waals surface area contributed by atoms with Crippen molar-refractivity contribution in [3.05, 3.63) is 23.8 Å². The number of rotatable bonds is 5. The van der Waals surface area contributed by atoms with Crippen molar-refractivity contribution in [3.8, 4) is 5.75 Å². The van der Waals surface area contributed by atoms with E-state index >= 15 is 0 Å². The molecule has 0 unspecified atom stereocenters. The van der Waals surface area contributed by atoms with Gasteiger partial charge in [-0.1, -0.05) is 12.8 Å². The molecule has 1 aliphatic carbocycles. The number of methoxy groups -OCH3 is 1. The van der Waals surface area contributed by atoms with Gasteiger partial charge in [-0.25, -0.2) is 13.2 Å². The smallest absolute Gasteiger partial charge is 0.335 e. The minimum absolute atomic E-state index is 0.00106. The van der Waals surface area contributed by atoms with Crippen LogP contribution in [-0.2, 0) is 10.0 Å². The molecule has 21 heavy (non-hydrogen) atoms. The van der Waals surface area contributed by atoms with Gasteiger partial charge in [0, 0.05) is 13.1 Å². The van der Waals surface area contributed by atoms with Crippen molar-refractivity contribution in [1.82, 2.24) is 4.31 Å². The maximum absolute atomic E-state index is 12.7. The predicted molar refractivity (Wildman–Crippen MR) is 77.2 cm³/mol. The maximum atomic E-state index is 12.7. The molecule has 0 spiro atoms. The summed E-state index contributed by atoms with van der Waals surface area (Å²) in [6.07, 6.45) is 3.76. The number of ether oxygens (including phenoxy) is 1. The highest BCUT2D eigenvalue weighted by Crippen LogP contribution is 2.32. The van der Waals surface area contributed by atoms with Crippen LogP contribution in [0.2, 0.25) is 0 Å². The van der Waals surface area contributed by atoms with Gasteiger partial charge in [-0.2, -0.15) is 4.31 Å². The number of hydrogen-bond donors (Lipinski definition) is 1. The van der Waals surface area contributed by atoms with Crippen LogP contribution in [0.25, 0.3) is 0 Å². The first-order chi connectivity index (χ1) is 9.87. The molecule has 0 aromatic heterocycles. The average molecular weight is 313 g/mol. The van der Waals surface area contributed by atoms with Gasteiger partial charge in [0.2, 0.25) is 10.0 Å². The number of carbonyl (C=O) groups is 1. The Kier molecular flexibility index (Phi) is 4.53. The van der Waals surface area contributed by atoms with Crippen LogP contribution in [0.3, 0.4) is 0 Å². The van der Waals surface area contributed by atoms with E-state index in [0.717, 1.165) is 25.7 Å². The number of carboxylic acid groups (broad SMARTS) is 1. The van der Waals surface area contributed by atoms with Gasteiger partial charge in [-0.15, -0.1) is 0 Å². The van der Waals surface area contributed by atoms with Crippen LogP contribution in [0.1, 0.15) is 36.0 Å². The lowest BCUT2D eigenvalue weighted by atomic mass is 10.2. The number of benzene rings is 1. The predicted octanol–water partition coefficient (Wildman–Crippen LogP) is 1.96. The van der Waals surface area contributed by atoms with Crippen LogP contribution >= 0.6 is 0 Å². The second-order valence-corrected chi connectivity index (χ2v) is 7.10. The number of carboxylic acids is 1. The Labute approximate surface area is 124 Å². The molecule has 116 valence electrons. The topological polar surface area (TPSA) is 83.9 Å². The molecule has 0 amide bonds. The summed E-state index contributed by atoms with van der Waals surface area (Å²) in [7, 11) is -0.798. The third kappa shape index (κ3) is 3.03. The molecule has 1 fully saturated rings. The molecule has 0 radical (unpaired) electrons. The maximum Gasteiger partial charge on any atom is 0.335 e. The highest BCUT2D eigenvalue weighted by Gasteiger charge is 2.32. The molecule has 0 aliphatic heterocycles. The second-order valence-electron chi connectivity index (χ2n) is 5.13. The highest BCUT2D eigenvalue weighted by molar-refractivity contribution is 7.89. The average Bonchev–Trinajstić information content (AvgIpc) is 2.99. The monoisotopic (exact) mass is 313 g/mol. The number of sulfonamides is 1.